The zero-order valence-electron chi connectivity index (χ0n) is 11.7. The Hall–Kier alpha value is -0.710. The second-order valence-electron chi connectivity index (χ2n) is 5.39. The molecule has 1 heterocycles. The monoisotopic (exact) mass is 339 g/mol. The van der Waals surface area contributed by atoms with Crippen molar-refractivity contribution in [3.63, 3.8) is 0 Å². The minimum Gasteiger partial charge on any atom is -0.353 e. The molecule has 1 aliphatic rings. The molecule has 0 aliphatic heterocycles. The quantitative estimate of drug-likeness (QED) is 0.785. The van der Waals surface area contributed by atoms with Gasteiger partial charge in [-0.2, -0.15) is 0 Å². The molecule has 1 aliphatic carbocycles. The van der Waals surface area contributed by atoms with Crippen molar-refractivity contribution >= 4 is 50.7 Å². The summed E-state index contributed by atoms with van der Waals surface area (Å²) in [5, 5.41) is 5.01. The topological polar surface area (TPSA) is 29.1 Å². The molecule has 2 aromatic rings. The number of nitrogens with one attached hydrogen (secondary N) is 1. The second kappa shape index (κ2) is 7.03. The van der Waals surface area contributed by atoms with E-state index >= 15 is 0 Å². The highest BCUT2D eigenvalue weighted by Crippen LogP contribution is 2.41. The number of carbonyl (C=O) groups excluding carboxylic acids is 1. The van der Waals surface area contributed by atoms with Crippen LogP contribution in [0, 0.1) is 0 Å². The maximum absolute atomic E-state index is 12.0. The van der Waals surface area contributed by atoms with Crippen molar-refractivity contribution in [2.75, 3.05) is 5.75 Å². The number of thiophene rings is 1. The van der Waals surface area contributed by atoms with Crippen LogP contribution < -0.4 is 5.32 Å². The summed E-state index contributed by atoms with van der Waals surface area (Å²) in [6.45, 7) is 0. The normalized spacial score (nSPS) is 16.2. The Bertz CT molecular complexity index is 634. The molecule has 2 nitrogen and oxygen atoms in total. The number of fused-ring (bicyclic) bond motifs is 1. The minimum atomic E-state index is 0.125. The highest BCUT2D eigenvalue weighted by atomic mass is 35.5. The summed E-state index contributed by atoms with van der Waals surface area (Å²) < 4.78 is 2.22. The summed E-state index contributed by atoms with van der Waals surface area (Å²) in [5.74, 6) is 0.573. The molecule has 21 heavy (non-hydrogen) atoms. The third kappa shape index (κ3) is 3.74. The molecular weight excluding hydrogens is 322 g/mol. The van der Waals surface area contributed by atoms with Crippen molar-refractivity contribution in [1.29, 1.82) is 0 Å². The van der Waals surface area contributed by atoms with Crippen LogP contribution in [0.4, 0.5) is 0 Å². The third-order valence-corrected chi connectivity index (χ3v) is 6.87. The lowest BCUT2D eigenvalue weighted by molar-refractivity contribution is -0.119. The first kappa shape index (κ1) is 15.2. The SMILES string of the molecule is O=C(CSc1sc2ccccc2c1Cl)NC1CCCCC1. The van der Waals surface area contributed by atoms with Gasteiger partial charge < -0.3 is 5.32 Å². The average Bonchev–Trinajstić information content (AvgIpc) is 2.83. The third-order valence-electron chi connectivity index (χ3n) is 3.81. The van der Waals surface area contributed by atoms with Crippen molar-refractivity contribution in [1.82, 2.24) is 5.32 Å². The standard InChI is InChI=1S/C16H18ClNOS2/c17-15-12-8-4-5-9-13(12)21-16(15)20-10-14(19)18-11-6-2-1-3-7-11/h4-5,8-9,11H,1-3,6-7,10H2,(H,18,19). The highest BCUT2D eigenvalue weighted by molar-refractivity contribution is 8.02. The molecule has 1 aromatic heterocycles. The number of amides is 1. The highest BCUT2D eigenvalue weighted by Gasteiger charge is 2.17. The van der Waals surface area contributed by atoms with Crippen LogP contribution in [0.3, 0.4) is 0 Å². The van der Waals surface area contributed by atoms with E-state index in [1.165, 1.54) is 24.0 Å². The summed E-state index contributed by atoms with van der Waals surface area (Å²) in [6.07, 6.45) is 6.03. The van der Waals surface area contributed by atoms with E-state index in [4.69, 9.17) is 11.6 Å². The first-order valence-corrected chi connectivity index (χ1v) is 9.51. The largest absolute Gasteiger partial charge is 0.353 e. The number of rotatable bonds is 4. The Kier molecular flexibility index (Phi) is 5.09. The molecule has 0 spiro atoms. The average molecular weight is 340 g/mol. The maximum atomic E-state index is 12.0. The van der Waals surface area contributed by atoms with Crippen LogP contribution >= 0.6 is 34.7 Å². The molecule has 1 saturated carbocycles. The van der Waals surface area contributed by atoms with Crippen molar-refractivity contribution < 1.29 is 4.79 Å². The molecule has 1 fully saturated rings. The summed E-state index contributed by atoms with van der Waals surface area (Å²) in [5.41, 5.74) is 0. The molecule has 112 valence electrons. The molecule has 0 bridgehead atoms. The van der Waals surface area contributed by atoms with Gasteiger partial charge in [0.05, 0.1) is 15.0 Å². The van der Waals surface area contributed by atoms with Crippen LogP contribution in [-0.4, -0.2) is 17.7 Å². The van der Waals surface area contributed by atoms with E-state index in [9.17, 15) is 4.79 Å². The fraction of sp³-hybridized carbons (Fsp3) is 0.438. The molecule has 3 rings (SSSR count). The van der Waals surface area contributed by atoms with E-state index in [0.717, 1.165) is 27.5 Å². The molecule has 0 atom stereocenters. The van der Waals surface area contributed by atoms with Crippen LogP contribution in [0.25, 0.3) is 10.1 Å². The number of hydrogen-bond donors (Lipinski definition) is 1. The van der Waals surface area contributed by atoms with E-state index < -0.39 is 0 Å². The summed E-state index contributed by atoms with van der Waals surface area (Å²) in [4.78, 5) is 12.0. The predicted molar refractivity (Wildman–Crippen MR) is 92.6 cm³/mol. The number of carbonyl (C=O) groups is 1. The fourth-order valence-corrected chi connectivity index (χ4v) is 5.32. The van der Waals surface area contributed by atoms with E-state index in [-0.39, 0.29) is 5.91 Å². The maximum Gasteiger partial charge on any atom is 0.230 e. The van der Waals surface area contributed by atoms with Crippen molar-refractivity contribution in [2.24, 2.45) is 0 Å². The van der Waals surface area contributed by atoms with Crippen LogP contribution in [0.2, 0.25) is 5.02 Å². The Morgan fingerprint density at radius 1 is 1.29 bits per heavy atom. The van der Waals surface area contributed by atoms with Gasteiger partial charge in [0.15, 0.2) is 0 Å². The number of halogens is 1. The lowest BCUT2D eigenvalue weighted by atomic mass is 9.95. The Labute approximate surface area is 138 Å². The number of thioether (sulfide) groups is 1. The summed E-state index contributed by atoms with van der Waals surface area (Å²) in [6, 6.07) is 8.48. The molecule has 1 aromatic carbocycles. The van der Waals surface area contributed by atoms with Gasteiger partial charge in [-0.3, -0.25) is 4.79 Å². The van der Waals surface area contributed by atoms with Gasteiger partial charge in [-0.15, -0.1) is 23.1 Å². The Morgan fingerprint density at radius 2 is 2.05 bits per heavy atom. The molecular formula is C16H18ClNOS2. The van der Waals surface area contributed by atoms with Gasteiger partial charge >= 0.3 is 0 Å². The Morgan fingerprint density at radius 3 is 2.81 bits per heavy atom. The zero-order chi connectivity index (χ0) is 14.7. The molecule has 0 radical (unpaired) electrons. The lowest BCUT2D eigenvalue weighted by Crippen LogP contribution is -2.37. The lowest BCUT2D eigenvalue weighted by Gasteiger charge is -2.22. The summed E-state index contributed by atoms with van der Waals surface area (Å²) >= 11 is 9.60. The van der Waals surface area contributed by atoms with E-state index in [2.05, 4.69) is 11.4 Å². The van der Waals surface area contributed by atoms with Crippen LogP contribution in [-0.2, 0) is 4.79 Å². The Balaban J connectivity index is 1.58. The summed E-state index contributed by atoms with van der Waals surface area (Å²) in [7, 11) is 0. The molecule has 1 N–H and O–H groups in total. The second-order valence-corrected chi connectivity index (χ2v) is 8.06. The van der Waals surface area contributed by atoms with Gasteiger partial charge in [0.2, 0.25) is 5.91 Å². The predicted octanol–water partition coefficient (Wildman–Crippen LogP) is 5.10. The van der Waals surface area contributed by atoms with Crippen molar-refractivity contribution in [3.8, 4) is 0 Å². The van der Waals surface area contributed by atoms with E-state index in [0.29, 0.717) is 11.8 Å². The molecule has 5 heteroatoms. The number of benzene rings is 1. The van der Waals surface area contributed by atoms with Gasteiger partial charge in [0.25, 0.3) is 0 Å². The molecule has 1 amide bonds. The van der Waals surface area contributed by atoms with Crippen LogP contribution in [0.15, 0.2) is 28.5 Å². The van der Waals surface area contributed by atoms with Gasteiger partial charge in [0.1, 0.15) is 0 Å². The van der Waals surface area contributed by atoms with Gasteiger partial charge in [-0.05, 0) is 18.9 Å². The van der Waals surface area contributed by atoms with E-state index in [1.54, 1.807) is 23.1 Å². The number of hydrogen-bond acceptors (Lipinski definition) is 3. The van der Waals surface area contributed by atoms with Crippen molar-refractivity contribution in [3.05, 3.63) is 29.3 Å². The molecule has 0 unspecified atom stereocenters. The van der Waals surface area contributed by atoms with Crippen molar-refractivity contribution in [2.45, 2.75) is 42.4 Å². The van der Waals surface area contributed by atoms with Crippen LogP contribution in [0.1, 0.15) is 32.1 Å². The van der Waals surface area contributed by atoms with Gasteiger partial charge in [-0.25, -0.2) is 0 Å². The first-order valence-electron chi connectivity index (χ1n) is 7.33. The van der Waals surface area contributed by atoms with Crippen LogP contribution in [0.5, 0.6) is 0 Å². The van der Waals surface area contributed by atoms with Gasteiger partial charge in [-0.1, -0.05) is 49.1 Å². The fourth-order valence-electron chi connectivity index (χ4n) is 2.73. The first-order chi connectivity index (χ1) is 10.2. The molecule has 0 saturated heterocycles. The minimum absolute atomic E-state index is 0.125. The smallest absolute Gasteiger partial charge is 0.230 e. The van der Waals surface area contributed by atoms with E-state index in [1.807, 2.05) is 18.2 Å². The van der Waals surface area contributed by atoms with Gasteiger partial charge in [0, 0.05) is 16.1 Å². The zero-order valence-corrected chi connectivity index (χ0v) is 14.1.